The average molecular weight is 783 g/mol. The van der Waals surface area contributed by atoms with Crippen LogP contribution in [0.5, 0.6) is 28.7 Å². The molecule has 9 heterocycles. The Hall–Kier alpha value is -4.47. The number of hydrogen-bond donors (Lipinski definition) is 3. The van der Waals surface area contributed by atoms with Crippen molar-refractivity contribution in [2.24, 2.45) is 5.73 Å². The number of thioether (sulfide) groups is 1. The number of nitrogens with one attached hydrogen (secondary N) is 1. The van der Waals surface area contributed by atoms with Crippen molar-refractivity contribution in [3.63, 3.8) is 0 Å². The molecule has 3 unspecified atom stereocenters. The number of methoxy groups -OCH3 is 1. The van der Waals surface area contributed by atoms with Gasteiger partial charge in [-0.25, -0.2) is 4.79 Å². The molecule has 0 radical (unpaired) electrons. The van der Waals surface area contributed by atoms with Gasteiger partial charge in [0.05, 0.1) is 24.4 Å². The zero-order valence-electron chi connectivity index (χ0n) is 32.3. The summed E-state index contributed by atoms with van der Waals surface area (Å²) in [4.78, 5) is 32.9. The van der Waals surface area contributed by atoms with Crippen molar-refractivity contribution in [1.29, 1.82) is 0 Å². The predicted molar refractivity (Wildman–Crippen MR) is 208 cm³/mol. The molecule has 2 fully saturated rings. The van der Waals surface area contributed by atoms with E-state index in [9.17, 15) is 9.90 Å². The normalized spacial score (nSPS) is 31.3. The fourth-order valence-electron chi connectivity index (χ4n) is 11.1. The molecular weight excluding hydrogens is 737 g/mol. The second-order valence-electron chi connectivity index (χ2n) is 16.5. The summed E-state index contributed by atoms with van der Waals surface area (Å²) in [5.41, 5.74) is 11.1. The molecule has 12 rings (SSSR count). The number of esters is 2. The molecule has 1 spiro atoms. The first-order valence-corrected chi connectivity index (χ1v) is 20.3. The van der Waals surface area contributed by atoms with Crippen LogP contribution in [-0.2, 0) is 32.7 Å². The van der Waals surface area contributed by atoms with Crippen LogP contribution in [0.1, 0.15) is 75.9 Å². The Morgan fingerprint density at radius 2 is 1.91 bits per heavy atom. The van der Waals surface area contributed by atoms with Crippen LogP contribution in [-0.4, -0.2) is 90.9 Å². The lowest BCUT2D eigenvalue weighted by molar-refractivity contribution is -0.160. The maximum absolute atomic E-state index is 15.1. The number of fused-ring (bicyclic) bond motifs is 8. The number of likely N-dealkylation sites (N-methyl/N-ethyl adjacent to an activating group) is 1. The van der Waals surface area contributed by atoms with E-state index < -0.39 is 34.3 Å². The number of furan rings is 1. The average Bonchev–Trinajstić information content (AvgIpc) is 3.76. The number of phenols is 1. The monoisotopic (exact) mass is 782 g/mol. The number of carbonyl (C=O) groups excluding carboxylic acids is 2. The van der Waals surface area contributed by atoms with Crippen molar-refractivity contribution in [2.45, 2.75) is 81.0 Å². The van der Waals surface area contributed by atoms with E-state index in [-0.39, 0.29) is 43.0 Å². The van der Waals surface area contributed by atoms with Gasteiger partial charge in [0, 0.05) is 76.6 Å². The number of piperazine rings is 1. The van der Waals surface area contributed by atoms with E-state index in [2.05, 4.69) is 35.2 Å². The Morgan fingerprint density at radius 1 is 1.12 bits per heavy atom. The number of benzene rings is 3. The van der Waals surface area contributed by atoms with Crippen molar-refractivity contribution in [3.05, 3.63) is 75.0 Å². The highest BCUT2D eigenvalue weighted by molar-refractivity contribution is 7.99. The highest BCUT2D eigenvalue weighted by Crippen LogP contribution is 2.65. The van der Waals surface area contributed by atoms with Gasteiger partial charge in [0.2, 0.25) is 6.79 Å². The summed E-state index contributed by atoms with van der Waals surface area (Å²) in [6.07, 6.45) is 1.21. The second-order valence-corrected chi connectivity index (χ2v) is 17.6. The van der Waals surface area contributed by atoms with Crippen LogP contribution in [0.2, 0.25) is 0 Å². The Balaban J connectivity index is 1.26. The molecule has 1 aromatic heterocycles. The number of aryl methyl sites for hydroxylation is 1. The van der Waals surface area contributed by atoms with Crippen LogP contribution in [0.25, 0.3) is 11.0 Å². The number of nitrogens with two attached hydrogens (primary N) is 1. The van der Waals surface area contributed by atoms with E-state index >= 15 is 4.79 Å². The van der Waals surface area contributed by atoms with Gasteiger partial charge in [-0.2, -0.15) is 0 Å². The zero-order chi connectivity index (χ0) is 39.0. The largest absolute Gasteiger partial charge is 0.504 e. The third-order valence-electron chi connectivity index (χ3n) is 13.0. The van der Waals surface area contributed by atoms with E-state index in [4.69, 9.17) is 33.8 Å². The highest BCUT2D eigenvalue weighted by atomic mass is 32.2. The van der Waals surface area contributed by atoms with Gasteiger partial charge in [-0.15, -0.1) is 11.8 Å². The molecule has 4 N–H and O–H groups in total. The van der Waals surface area contributed by atoms with Crippen LogP contribution in [0.3, 0.4) is 0 Å². The number of para-hydroxylation sites is 1. The summed E-state index contributed by atoms with van der Waals surface area (Å²) >= 11 is 1.59. The standard InChI is InChI=1S/C42H46N4O9S/c1-19-11-22-13-41(4)16-45(5)31(28(22)33(48)34(19)50-6)32-38-30-29(37-36(52-18-53-37)20(2)35(30)54-21(3)47)26(46(32)41)15-51-40(49)42(17-56-38)39-25(12-23(14-43)44-42)24-9-7-8-10-27(24)55-39/h7-11,23,26,31-32,38,44,48H,12-18,43H2,1-6H3/t23-,26+,31?,32-,38-,41?,42-/m1/s1. The fourth-order valence-corrected chi connectivity index (χ4v) is 12.7. The topological polar surface area (TPSA) is 158 Å². The third-order valence-corrected chi connectivity index (χ3v) is 14.5. The molecule has 8 aliphatic heterocycles. The van der Waals surface area contributed by atoms with E-state index in [0.717, 1.165) is 38.8 Å². The van der Waals surface area contributed by atoms with Crippen molar-refractivity contribution in [1.82, 2.24) is 15.1 Å². The minimum absolute atomic E-state index is 0.00321. The molecule has 4 bridgehead atoms. The Morgan fingerprint density at radius 3 is 2.68 bits per heavy atom. The molecule has 4 aromatic rings. The summed E-state index contributed by atoms with van der Waals surface area (Å²) in [7, 11) is 3.69. The molecule has 8 aliphatic rings. The number of ether oxygens (including phenoxy) is 5. The van der Waals surface area contributed by atoms with Crippen LogP contribution >= 0.6 is 11.8 Å². The van der Waals surface area contributed by atoms with Gasteiger partial charge >= 0.3 is 11.9 Å². The SMILES string of the molecule is COc1c(C)cc2c(c1O)C1[C@@H]3[C@@H]4SC[C@]5(N[C@@H](CN)Cc6c5oc5ccccc65)C(=O)OC[C@@H](c5c6c(c(C)c(OC(C)=O)c54)OCO6)N3C(C)(C2)CN1C. The van der Waals surface area contributed by atoms with Crippen molar-refractivity contribution in [3.8, 4) is 28.7 Å². The van der Waals surface area contributed by atoms with Gasteiger partial charge in [-0.1, -0.05) is 24.3 Å². The first-order valence-electron chi connectivity index (χ1n) is 19.2. The van der Waals surface area contributed by atoms with Gasteiger partial charge < -0.3 is 38.9 Å². The van der Waals surface area contributed by atoms with Gasteiger partial charge in [0.15, 0.2) is 28.5 Å². The van der Waals surface area contributed by atoms with Gasteiger partial charge in [0.25, 0.3) is 0 Å². The van der Waals surface area contributed by atoms with Gasteiger partial charge in [-0.05, 0) is 57.9 Å². The number of phenolic OH excluding ortho intramolecular Hbond substituents is 1. The summed E-state index contributed by atoms with van der Waals surface area (Å²) in [6.45, 7) is 8.42. The number of carbonyl (C=O) groups is 2. The molecule has 2 saturated heterocycles. The van der Waals surface area contributed by atoms with E-state index in [1.807, 2.05) is 38.1 Å². The van der Waals surface area contributed by atoms with Gasteiger partial charge in [-0.3, -0.25) is 19.9 Å². The lowest BCUT2D eigenvalue weighted by Crippen LogP contribution is -2.69. The molecule has 294 valence electrons. The molecule has 8 atom stereocenters. The predicted octanol–water partition coefficient (Wildman–Crippen LogP) is 4.84. The highest BCUT2D eigenvalue weighted by Gasteiger charge is 2.63. The number of nitrogens with zero attached hydrogens (tertiary/aromatic N) is 2. The van der Waals surface area contributed by atoms with Crippen LogP contribution < -0.4 is 30.0 Å². The first kappa shape index (κ1) is 35.9. The summed E-state index contributed by atoms with van der Waals surface area (Å²) in [5, 5.41) is 16.3. The number of rotatable bonds is 3. The van der Waals surface area contributed by atoms with E-state index in [1.165, 1.54) is 6.92 Å². The van der Waals surface area contributed by atoms with Gasteiger partial charge in [0.1, 0.15) is 23.7 Å². The fraction of sp³-hybridized carbons (Fsp3) is 0.476. The van der Waals surface area contributed by atoms with Crippen molar-refractivity contribution < 1.29 is 42.8 Å². The Kier molecular flexibility index (Phi) is 8.02. The summed E-state index contributed by atoms with van der Waals surface area (Å²) < 4.78 is 37.7. The van der Waals surface area contributed by atoms with Crippen LogP contribution in [0, 0.1) is 13.8 Å². The van der Waals surface area contributed by atoms with E-state index in [0.29, 0.717) is 65.8 Å². The first-order chi connectivity index (χ1) is 26.9. The zero-order valence-corrected chi connectivity index (χ0v) is 33.1. The lowest BCUT2D eigenvalue weighted by atomic mass is 9.76. The Labute approximate surface area is 328 Å². The summed E-state index contributed by atoms with van der Waals surface area (Å²) in [6, 6.07) is 8.52. The number of hydrogen-bond acceptors (Lipinski definition) is 14. The van der Waals surface area contributed by atoms with E-state index in [1.54, 1.807) is 18.9 Å². The van der Waals surface area contributed by atoms with Crippen molar-refractivity contribution in [2.75, 3.05) is 46.4 Å². The molecule has 13 nitrogen and oxygen atoms in total. The van der Waals surface area contributed by atoms with Crippen LogP contribution in [0.4, 0.5) is 0 Å². The molecular formula is C42H46N4O9S. The molecule has 14 heteroatoms. The molecule has 0 saturated carbocycles. The smallest absolute Gasteiger partial charge is 0.335 e. The minimum atomic E-state index is -1.39. The minimum Gasteiger partial charge on any atom is -0.504 e. The molecule has 0 aliphatic carbocycles. The quantitative estimate of drug-likeness (QED) is 0.192. The summed E-state index contributed by atoms with van der Waals surface area (Å²) in [5.74, 6) is 1.90. The van der Waals surface area contributed by atoms with Crippen molar-refractivity contribution >= 4 is 34.7 Å². The third kappa shape index (κ3) is 4.76. The molecule has 56 heavy (non-hydrogen) atoms. The Bertz CT molecular complexity index is 2360. The van der Waals surface area contributed by atoms with Crippen LogP contribution in [0.15, 0.2) is 34.7 Å². The second kappa shape index (κ2) is 12.5. The maximum atomic E-state index is 15.1. The molecule has 3 aromatic carbocycles. The maximum Gasteiger partial charge on any atom is 0.335 e. The lowest BCUT2D eigenvalue weighted by Gasteiger charge is -2.61. The number of aromatic hydroxyl groups is 1. The molecule has 0 amide bonds.